The van der Waals surface area contributed by atoms with Crippen LogP contribution in [0.5, 0.6) is 5.75 Å². The van der Waals surface area contributed by atoms with E-state index in [4.69, 9.17) is 21.6 Å². The summed E-state index contributed by atoms with van der Waals surface area (Å²) in [6.07, 6.45) is 1.33. The van der Waals surface area contributed by atoms with Gasteiger partial charge in [-0.3, -0.25) is 14.6 Å². The zero-order chi connectivity index (χ0) is 19.8. The summed E-state index contributed by atoms with van der Waals surface area (Å²) >= 11 is 5.68. The Morgan fingerprint density at radius 3 is 2.67 bits per heavy atom. The smallest absolute Gasteiger partial charge is 0.272 e. The number of hydrogen-bond acceptors (Lipinski definition) is 5. The van der Waals surface area contributed by atoms with Gasteiger partial charge in [-0.2, -0.15) is 5.26 Å². The number of benzene rings is 1. The molecular weight excluding hydrogens is 368 g/mol. The quantitative estimate of drug-likeness (QED) is 0.738. The van der Waals surface area contributed by atoms with Crippen LogP contribution in [-0.2, 0) is 0 Å². The molecule has 0 radical (unpaired) electrons. The van der Waals surface area contributed by atoms with Gasteiger partial charge < -0.3 is 15.0 Å². The lowest BCUT2D eigenvalue weighted by Gasteiger charge is -2.18. The summed E-state index contributed by atoms with van der Waals surface area (Å²) in [6.45, 7) is 0.205. The van der Waals surface area contributed by atoms with Crippen molar-refractivity contribution in [3.63, 3.8) is 0 Å². The van der Waals surface area contributed by atoms with Crippen LogP contribution in [0.3, 0.4) is 0 Å². The third kappa shape index (κ3) is 5.19. The van der Waals surface area contributed by atoms with E-state index in [9.17, 15) is 9.59 Å². The number of nitrogens with one attached hydrogen (secondary N) is 1. The highest BCUT2D eigenvalue weighted by atomic mass is 35.5. The van der Waals surface area contributed by atoms with Gasteiger partial charge in [0, 0.05) is 25.7 Å². The molecule has 1 atom stereocenters. The number of rotatable bonds is 7. The Hall–Kier alpha value is -3.11. The van der Waals surface area contributed by atoms with Gasteiger partial charge >= 0.3 is 0 Å². The maximum absolute atomic E-state index is 12.4. The molecule has 1 aromatic carbocycles. The van der Waals surface area contributed by atoms with Crippen molar-refractivity contribution in [2.24, 2.45) is 5.92 Å². The van der Waals surface area contributed by atoms with Gasteiger partial charge in [0.1, 0.15) is 11.4 Å². The normalized spacial score (nSPS) is 11.2. The van der Waals surface area contributed by atoms with Crippen LogP contribution in [0.15, 0.2) is 42.6 Å². The zero-order valence-electron chi connectivity index (χ0n) is 15.0. The van der Waals surface area contributed by atoms with Crippen molar-refractivity contribution < 1.29 is 14.3 Å². The number of anilines is 1. The van der Waals surface area contributed by atoms with Crippen LogP contribution in [-0.4, -0.2) is 48.3 Å². The highest BCUT2D eigenvalue weighted by Gasteiger charge is 2.18. The van der Waals surface area contributed by atoms with Crippen LogP contribution in [0.4, 0.5) is 5.69 Å². The second kappa shape index (κ2) is 9.55. The summed E-state index contributed by atoms with van der Waals surface area (Å²) < 4.78 is 5.20. The second-order valence-corrected chi connectivity index (χ2v) is 6.06. The third-order valence-electron chi connectivity index (χ3n) is 3.81. The second-order valence-electron chi connectivity index (χ2n) is 5.75. The molecule has 140 valence electrons. The molecule has 0 aliphatic heterocycles. The SMILES string of the molecule is COc1ccccc1NC(=O)c1ccc(C(=O)N(C)CC(C#N)CCl)nc1. The first-order valence-electron chi connectivity index (χ1n) is 8.11. The number of nitrogens with zero attached hydrogens (tertiary/aromatic N) is 3. The largest absolute Gasteiger partial charge is 0.495 e. The molecule has 0 spiro atoms. The monoisotopic (exact) mass is 386 g/mol. The van der Waals surface area contributed by atoms with E-state index in [1.54, 1.807) is 31.3 Å². The summed E-state index contributed by atoms with van der Waals surface area (Å²) in [5.41, 5.74) is 1.02. The minimum absolute atomic E-state index is 0.142. The molecule has 0 fully saturated rings. The van der Waals surface area contributed by atoms with Gasteiger partial charge in [0.25, 0.3) is 11.8 Å². The van der Waals surface area contributed by atoms with Gasteiger partial charge in [-0.05, 0) is 24.3 Å². The van der Waals surface area contributed by atoms with Gasteiger partial charge in [-0.25, -0.2) is 0 Å². The Labute approximate surface area is 162 Å². The van der Waals surface area contributed by atoms with Crippen molar-refractivity contribution in [1.82, 2.24) is 9.88 Å². The topological polar surface area (TPSA) is 95.3 Å². The van der Waals surface area contributed by atoms with E-state index < -0.39 is 5.92 Å². The predicted molar refractivity (Wildman–Crippen MR) is 102 cm³/mol. The molecule has 0 saturated carbocycles. The zero-order valence-corrected chi connectivity index (χ0v) is 15.7. The van der Waals surface area contributed by atoms with E-state index in [0.717, 1.165) is 0 Å². The van der Waals surface area contributed by atoms with Gasteiger partial charge in [0.05, 0.1) is 30.3 Å². The number of methoxy groups -OCH3 is 1. The van der Waals surface area contributed by atoms with Gasteiger partial charge in [-0.1, -0.05) is 12.1 Å². The Kier molecular flexibility index (Phi) is 7.15. The summed E-state index contributed by atoms with van der Waals surface area (Å²) in [5, 5.41) is 11.7. The fourth-order valence-corrected chi connectivity index (χ4v) is 2.50. The van der Waals surface area contributed by atoms with E-state index in [-0.39, 0.29) is 29.9 Å². The molecule has 2 rings (SSSR count). The molecule has 1 N–H and O–H groups in total. The molecule has 0 aliphatic carbocycles. The molecule has 1 aromatic heterocycles. The average molecular weight is 387 g/mol. The molecule has 8 heteroatoms. The summed E-state index contributed by atoms with van der Waals surface area (Å²) in [7, 11) is 3.09. The summed E-state index contributed by atoms with van der Waals surface area (Å²) in [6, 6.07) is 12.1. The Morgan fingerprint density at radius 2 is 2.07 bits per heavy atom. The minimum Gasteiger partial charge on any atom is -0.495 e. The average Bonchev–Trinajstić information content (AvgIpc) is 2.71. The maximum atomic E-state index is 12.4. The van der Waals surface area contributed by atoms with Crippen molar-refractivity contribution >= 4 is 29.1 Å². The molecule has 7 nitrogen and oxygen atoms in total. The highest BCUT2D eigenvalue weighted by molar-refractivity contribution is 6.18. The number of alkyl halides is 1. The first kappa shape index (κ1) is 20.2. The van der Waals surface area contributed by atoms with Crippen LogP contribution in [0.1, 0.15) is 20.8 Å². The number of pyridine rings is 1. The molecule has 27 heavy (non-hydrogen) atoms. The van der Waals surface area contributed by atoms with Crippen molar-refractivity contribution in [3.8, 4) is 11.8 Å². The summed E-state index contributed by atoms with van der Waals surface area (Å²) in [5.74, 6) is -0.489. The Bertz CT molecular complexity index is 849. The first-order chi connectivity index (χ1) is 13.0. The van der Waals surface area contributed by atoms with Crippen molar-refractivity contribution in [3.05, 3.63) is 53.9 Å². The lowest BCUT2D eigenvalue weighted by atomic mass is 10.2. The van der Waals surface area contributed by atoms with Crippen LogP contribution in [0, 0.1) is 17.2 Å². The molecule has 2 amide bonds. The minimum atomic E-state index is -0.452. The fraction of sp³-hybridized carbons (Fsp3) is 0.263. The van der Waals surface area contributed by atoms with Crippen molar-refractivity contribution in [1.29, 1.82) is 5.26 Å². The number of carbonyl (C=O) groups is 2. The molecule has 2 aromatic rings. The fourth-order valence-electron chi connectivity index (χ4n) is 2.33. The van der Waals surface area contributed by atoms with Crippen molar-refractivity contribution in [2.45, 2.75) is 0 Å². The van der Waals surface area contributed by atoms with Crippen LogP contribution >= 0.6 is 11.6 Å². The Morgan fingerprint density at radius 1 is 1.33 bits per heavy atom. The molecule has 1 unspecified atom stereocenters. The molecule has 0 bridgehead atoms. The Balaban J connectivity index is 2.07. The van der Waals surface area contributed by atoms with Crippen LogP contribution < -0.4 is 10.1 Å². The number of halogens is 1. The van der Waals surface area contributed by atoms with Crippen LogP contribution in [0.2, 0.25) is 0 Å². The van der Waals surface area contributed by atoms with Gasteiger partial charge in [-0.15, -0.1) is 11.6 Å². The van der Waals surface area contributed by atoms with E-state index in [1.165, 1.54) is 30.3 Å². The van der Waals surface area contributed by atoms with E-state index in [1.807, 2.05) is 6.07 Å². The number of ether oxygens (including phenoxy) is 1. The van der Waals surface area contributed by atoms with Crippen molar-refractivity contribution in [2.75, 3.05) is 31.9 Å². The number of carbonyl (C=O) groups excluding carboxylic acids is 2. The van der Waals surface area contributed by atoms with E-state index >= 15 is 0 Å². The third-order valence-corrected chi connectivity index (χ3v) is 4.18. The number of aromatic nitrogens is 1. The molecule has 1 heterocycles. The molecular formula is C19H19ClN4O3. The number of para-hydroxylation sites is 2. The van der Waals surface area contributed by atoms with Gasteiger partial charge in [0.15, 0.2) is 0 Å². The number of amides is 2. The van der Waals surface area contributed by atoms with E-state index in [2.05, 4.69) is 10.3 Å². The maximum Gasteiger partial charge on any atom is 0.272 e. The summed E-state index contributed by atoms with van der Waals surface area (Å²) in [4.78, 5) is 30.2. The number of hydrogen-bond donors (Lipinski definition) is 1. The van der Waals surface area contributed by atoms with Crippen LogP contribution in [0.25, 0.3) is 0 Å². The lowest BCUT2D eigenvalue weighted by molar-refractivity contribution is 0.0779. The van der Waals surface area contributed by atoms with E-state index in [0.29, 0.717) is 17.0 Å². The lowest BCUT2D eigenvalue weighted by Crippen LogP contribution is -2.32. The molecule has 0 aliphatic rings. The van der Waals surface area contributed by atoms with Gasteiger partial charge in [0.2, 0.25) is 0 Å². The molecule has 0 saturated heterocycles. The first-order valence-corrected chi connectivity index (χ1v) is 8.65. The standard InChI is InChI=1S/C19H19ClN4O3/c1-24(12-13(9-20)10-21)19(26)16-8-7-14(11-22-16)18(25)23-15-5-3-4-6-17(15)27-2/h3-8,11,13H,9,12H2,1-2H3,(H,23,25). The number of nitriles is 1. The predicted octanol–water partition coefficient (Wildman–Crippen LogP) is 2.79. The highest BCUT2D eigenvalue weighted by Crippen LogP contribution is 2.23.